The number of anilines is 1. The fourth-order valence-corrected chi connectivity index (χ4v) is 3.23. The molecule has 0 amide bonds. The maximum Gasteiger partial charge on any atom is 0.329 e. The number of aromatic nitrogens is 2. The number of hydrogen-bond donors (Lipinski definition) is 3. The van der Waals surface area contributed by atoms with E-state index in [0.29, 0.717) is 12.2 Å². The summed E-state index contributed by atoms with van der Waals surface area (Å²) in [5.41, 5.74) is 7.66. The van der Waals surface area contributed by atoms with E-state index in [2.05, 4.69) is 10.8 Å². The van der Waals surface area contributed by atoms with Gasteiger partial charge in [0, 0.05) is 31.6 Å². The van der Waals surface area contributed by atoms with Crippen molar-refractivity contribution in [1.82, 2.24) is 14.5 Å². The SMILES string of the molecule is CN/C(=C\C=N)c1cc(NOC)c2c(c1)n(Cc1ccccc1)c(=O)n2C. The second-order valence-electron chi connectivity index (χ2n) is 6.11. The summed E-state index contributed by atoms with van der Waals surface area (Å²) in [4.78, 5) is 18.0. The van der Waals surface area contributed by atoms with Crippen molar-refractivity contribution in [2.24, 2.45) is 7.05 Å². The molecule has 0 aliphatic carbocycles. The van der Waals surface area contributed by atoms with Crippen LogP contribution in [-0.2, 0) is 18.4 Å². The van der Waals surface area contributed by atoms with Gasteiger partial charge in [-0.05, 0) is 23.8 Å². The van der Waals surface area contributed by atoms with Crippen LogP contribution < -0.4 is 16.5 Å². The summed E-state index contributed by atoms with van der Waals surface area (Å²) in [6.07, 6.45) is 2.89. The lowest BCUT2D eigenvalue weighted by Crippen LogP contribution is -2.22. The van der Waals surface area contributed by atoms with Gasteiger partial charge in [-0.15, -0.1) is 0 Å². The summed E-state index contributed by atoms with van der Waals surface area (Å²) in [6.45, 7) is 0.468. The molecule has 7 heteroatoms. The Hall–Kier alpha value is -3.32. The molecule has 1 heterocycles. The third-order valence-electron chi connectivity index (χ3n) is 4.46. The zero-order valence-corrected chi connectivity index (χ0v) is 15.6. The Morgan fingerprint density at radius 2 is 2.00 bits per heavy atom. The number of fused-ring (bicyclic) bond motifs is 1. The maximum absolute atomic E-state index is 12.9. The zero-order valence-electron chi connectivity index (χ0n) is 15.6. The van der Waals surface area contributed by atoms with Crippen LogP contribution in [0.1, 0.15) is 11.1 Å². The van der Waals surface area contributed by atoms with Crippen LogP contribution in [0.2, 0.25) is 0 Å². The number of rotatable bonds is 7. The molecule has 3 rings (SSSR count). The molecule has 0 bridgehead atoms. The Bertz CT molecular complexity index is 1050. The summed E-state index contributed by atoms with van der Waals surface area (Å²) < 4.78 is 3.36. The average Bonchev–Trinajstić information content (AvgIpc) is 2.92. The highest BCUT2D eigenvalue weighted by molar-refractivity contribution is 5.94. The van der Waals surface area contributed by atoms with Crippen molar-refractivity contribution in [3.63, 3.8) is 0 Å². The van der Waals surface area contributed by atoms with E-state index in [1.807, 2.05) is 42.5 Å². The Morgan fingerprint density at radius 1 is 1.26 bits per heavy atom. The average molecular weight is 365 g/mol. The molecule has 140 valence electrons. The van der Waals surface area contributed by atoms with Crippen molar-refractivity contribution in [1.29, 1.82) is 5.41 Å². The number of nitrogens with zero attached hydrogens (tertiary/aromatic N) is 2. The summed E-state index contributed by atoms with van der Waals surface area (Å²) in [7, 11) is 5.08. The zero-order chi connectivity index (χ0) is 19.4. The van der Waals surface area contributed by atoms with Gasteiger partial charge >= 0.3 is 5.69 Å². The van der Waals surface area contributed by atoms with Crippen LogP contribution in [0.4, 0.5) is 5.69 Å². The topological polar surface area (TPSA) is 84.1 Å². The maximum atomic E-state index is 12.9. The highest BCUT2D eigenvalue weighted by Gasteiger charge is 2.17. The first-order chi connectivity index (χ1) is 13.1. The molecule has 0 spiro atoms. The summed E-state index contributed by atoms with van der Waals surface area (Å²) in [5.74, 6) is 0. The van der Waals surface area contributed by atoms with Crippen molar-refractivity contribution in [3.05, 3.63) is 70.2 Å². The number of imidazole rings is 1. The second kappa shape index (κ2) is 7.92. The third kappa shape index (κ3) is 3.50. The molecule has 0 unspecified atom stereocenters. The molecule has 7 nitrogen and oxygen atoms in total. The monoisotopic (exact) mass is 365 g/mol. The van der Waals surface area contributed by atoms with Crippen molar-refractivity contribution >= 4 is 28.6 Å². The lowest BCUT2D eigenvalue weighted by Gasteiger charge is -2.12. The molecule has 2 aromatic carbocycles. The van der Waals surface area contributed by atoms with E-state index in [0.717, 1.165) is 27.9 Å². The van der Waals surface area contributed by atoms with Gasteiger partial charge in [0.2, 0.25) is 0 Å². The predicted octanol–water partition coefficient (Wildman–Crippen LogP) is 2.57. The summed E-state index contributed by atoms with van der Waals surface area (Å²) in [5, 5.41) is 10.5. The molecular weight excluding hydrogens is 342 g/mol. The Kier molecular flexibility index (Phi) is 5.42. The Morgan fingerprint density at radius 3 is 2.63 bits per heavy atom. The fourth-order valence-electron chi connectivity index (χ4n) is 3.23. The summed E-state index contributed by atoms with van der Waals surface area (Å²) >= 11 is 0. The number of allylic oxidation sites excluding steroid dienone is 1. The minimum atomic E-state index is -0.104. The lowest BCUT2D eigenvalue weighted by atomic mass is 10.1. The van der Waals surface area contributed by atoms with Crippen molar-refractivity contribution in [2.75, 3.05) is 19.6 Å². The van der Waals surface area contributed by atoms with Crippen LogP contribution in [0.15, 0.2) is 53.3 Å². The molecular formula is C20H23N5O2. The van der Waals surface area contributed by atoms with E-state index in [4.69, 9.17) is 10.2 Å². The highest BCUT2D eigenvalue weighted by atomic mass is 16.6. The van der Waals surface area contributed by atoms with Gasteiger partial charge in [0.05, 0.1) is 30.4 Å². The lowest BCUT2D eigenvalue weighted by molar-refractivity contribution is 0.271. The molecule has 27 heavy (non-hydrogen) atoms. The number of nitrogens with one attached hydrogen (secondary N) is 3. The van der Waals surface area contributed by atoms with Gasteiger partial charge in [-0.1, -0.05) is 30.3 Å². The molecule has 0 saturated carbocycles. The van der Waals surface area contributed by atoms with Crippen LogP contribution in [0.3, 0.4) is 0 Å². The first-order valence-electron chi connectivity index (χ1n) is 8.55. The van der Waals surface area contributed by atoms with Gasteiger partial charge in [-0.25, -0.2) is 4.79 Å². The molecule has 3 aromatic rings. The smallest absolute Gasteiger partial charge is 0.329 e. The van der Waals surface area contributed by atoms with E-state index in [1.54, 1.807) is 29.3 Å². The first-order valence-corrected chi connectivity index (χ1v) is 8.55. The first kappa shape index (κ1) is 18.5. The minimum absolute atomic E-state index is 0.104. The molecule has 0 aliphatic rings. The van der Waals surface area contributed by atoms with Crippen LogP contribution in [0, 0.1) is 5.41 Å². The molecule has 0 atom stereocenters. The Labute approximate surface area is 157 Å². The highest BCUT2D eigenvalue weighted by Crippen LogP contribution is 2.28. The molecule has 0 aliphatic heterocycles. The quantitative estimate of drug-likeness (QED) is 0.444. The van der Waals surface area contributed by atoms with E-state index >= 15 is 0 Å². The van der Waals surface area contributed by atoms with Crippen LogP contribution in [0.25, 0.3) is 16.7 Å². The molecule has 1 aromatic heterocycles. The van der Waals surface area contributed by atoms with E-state index in [-0.39, 0.29) is 5.69 Å². The van der Waals surface area contributed by atoms with E-state index < -0.39 is 0 Å². The number of hydrogen-bond acceptors (Lipinski definition) is 5. The second-order valence-corrected chi connectivity index (χ2v) is 6.11. The van der Waals surface area contributed by atoms with E-state index in [9.17, 15) is 4.79 Å². The van der Waals surface area contributed by atoms with Crippen molar-refractivity contribution < 1.29 is 4.84 Å². The number of aryl methyl sites for hydroxylation is 1. The van der Waals surface area contributed by atoms with Gasteiger partial charge in [-0.3, -0.25) is 19.5 Å². The van der Waals surface area contributed by atoms with E-state index in [1.165, 1.54) is 13.3 Å². The standard InChI is InChI=1S/C20H23N5O2/c1-22-16(9-10-21)15-11-17(23-27-3)19-18(12-15)25(20(26)24(19)2)13-14-7-5-4-6-8-14/h4-12,21-23H,13H2,1-3H3/b16-9-,21-10?. The van der Waals surface area contributed by atoms with Gasteiger partial charge in [0.1, 0.15) is 0 Å². The van der Waals surface area contributed by atoms with Gasteiger partial charge in [0.25, 0.3) is 0 Å². The molecule has 3 N–H and O–H groups in total. The van der Waals surface area contributed by atoms with Crippen LogP contribution in [-0.4, -0.2) is 29.5 Å². The van der Waals surface area contributed by atoms with Crippen LogP contribution in [0.5, 0.6) is 0 Å². The molecule has 0 radical (unpaired) electrons. The molecule has 0 saturated heterocycles. The number of benzene rings is 2. The normalized spacial score (nSPS) is 11.6. The third-order valence-corrected chi connectivity index (χ3v) is 4.46. The van der Waals surface area contributed by atoms with Gasteiger partial charge < -0.3 is 10.7 Å². The van der Waals surface area contributed by atoms with Gasteiger partial charge in [-0.2, -0.15) is 0 Å². The Balaban J connectivity index is 2.28. The largest absolute Gasteiger partial charge is 0.388 e. The molecule has 0 fully saturated rings. The van der Waals surface area contributed by atoms with Crippen molar-refractivity contribution in [2.45, 2.75) is 6.54 Å². The fraction of sp³-hybridized carbons (Fsp3) is 0.200. The van der Waals surface area contributed by atoms with Gasteiger partial charge in [0.15, 0.2) is 0 Å². The predicted molar refractivity (Wildman–Crippen MR) is 109 cm³/mol. The van der Waals surface area contributed by atoms with Crippen molar-refractivity contribution in [3.8, 4) is 0 Å². The van der Waals surface area contributed by atoms with Crippen LogP contribution >= 0.6 is 0 Å². The summed E-state index contributed by atoms with van der Waals surface area (Å²) in [6, 6.07) is 13.7. The minimum Gasteiger partial charge on any atom is -0.388 e.